The van der Waals surface area contributed by atoms with E-state index in [0.717, 1.165) is 0 Å². The Bertz CT molecular complexity index is 670. The van der Waals surface area contributed by atoms with Crippen molar-refractivity contribution in [2.24, 2.45) is 10.9 Å². The molecule has 0 bridgehead atoms. The van der Waals surface area contributed by atoms with Gasteiger partial charge in [0, 0.05) is 18.3 Å². The van der Waals surface area contributed by atoms with Crippen molar-refractivity contribution in [3.8, 4) is 0 Å². The van der Waals surface area contributed by atoms with Crippen LogP contribution >= 0.6 is 23.2 Å². The number of ether oxygens (including phenoxy) is 2. The zero-order chi connectivity index (χ0) is 16.3. The summed E-state index contributed by atoms with van der Waals surface area (Å²) in [6, 6.07) is 4.92. The Morgan fingerprint density at radius 2 is 1.86 bits per heavy atom. The minimum Gasteiger partial charge on any atom is -0.468 e. The number of hydrogen-bond acceptors (Lipinski definition) is 5. The number of benzene rings is 1. The quantitative estimate of drug-likeness (QED) is 0.792. The Labute approximate surface area is 137 Å². The molecular weight excluding hydrogens is 329 g/mol. The lowest BCUT2D eigenvalue weighted by Gasteiger charge is -2.26. The molecule has 7 heteroatoms. The molecule has 1 aromatic carbocycles. The summed E-state index contributed by atoms with van der Waals surface area (Å²) < 4.78 is 9.55. The summed E-state index contributed by atoms with van der Waals surface area (Å²) in [5.41, 5.74) is 0.895. The molecule has 1 unspecified atom stereocenters. The Hall–Kier alpha value is -1.85. The third-order valence-corrected chi connectivity index (χ3v) is 4.09. The molecule has 5 nitrogen and oxygen atoms in total. The molecule has 0 aromatic heterocycles. The number of halogens is 2. The highest BCUT2D eigenvalue weighted by molar-refractivity contribution is 6.42. The van der Waals surface area contributed by atoms with Crippen molar-refractivity contribution < 1.29 is 19.1 Å². The van der Waals surface area contributed by atoms with Crippen molar-refractivity contribution in [1.82, 2.24) is 0 Å². The Morgan fingerprint density at radius 1 is 1.14 bits per heavy atom. The van der Waals surface area contributed by atoms with Crippen molar-refractivity contribution in [3.05, 3.63) is 45.6 Å². The SMILES string of the molecule is COC(=O)C1=CN=CC(C(=O)OC)[C@@H]1c1ccc(Cl)c(Cl)c1. The van der Waals surface area contributed by atoms with Gasteiger partial charge in [0.25, 0.3) is 0 Å². The van der Waals surface area contributed by atoms with Crippen LogP contribution in [0.4, 0.5) is 0 Å². The predicted molar refractivity (Wildman–Crippen MR) is 83.3 cm³/mol. The molecule has 1 aliphatic heterocycles. The van der Waals surface area contributed by atoms with Gasteiger partial charge < -0.3 is 9.47 Å². The van der Waals surface area contributed by atoms with Gasteiger partial charge in [-0.25, -0.2) is 4.79 Å². The molecule has 116 valence electrons. The van der Waals surface area contributed by atoms with Gasteiger partial charge in [-0.2, -0.15) is 0 Å². The summed E-state index contributed by atoms with van der Waals surface area (Å²) in [5, 5.41) is 0.711. The number of esters is 2. The van der Waals surface area contributed by atoms with Gasteiger partial charge in [0.2, 0.25) is 0 Å². The fraction of sp³-hybridized carbons (Fsp3) is 0.267. The van der Waals surface area contributed by atoms with E-state index in [2.05, 4.69) is 4.99 Å². The number of methoxy groups -OCH3 is 2. The molecule has 0 saturated heterocycles. The lowest BCUT2D eigenvalue weighted by Crippen LogP contribution is -2.31. The van der Waals surface area contributed by atoms with Crippen molar-refractivity contribution in [1.29, 1.82) is 0 Å². The van der Waals surface area contributed by atoms with Gasteiger partial charge in [0.1, 0.15) is 5.92 Å². The Morgan fingerprint density at radius 3 is 2.45 bits per heavy atom. The van der Waals surface area contributed by atoms with Gasteiger partial charge in [-0.1, -0.05) is 29.3 Å². The lowest BCUT2D eigenvalue weighted by molar-refractivity contribution is -0.143. The van der Waals surface area contributed by atoms with E-state index >= 15 is 0 Å². The normalized spacial score (nSPS) is 20.3. The third-order valence-electron chi connectivity index (χ3n) is 3.35. The van der Waals surface area contributed by atoms with E-state index in [4.69, 9.17) is 32.7 Å². The molecule has 0 spiro atoms. The van der Waals surface area contributed by atoms with Crippen LogP contribution in [0.2, 0.25) is 10.0 Å². The van der Waals surface area contributed by atoms with Crippen LogP contribution in [-0.2, 0) is 19.1 Å². The molecule has 2 rings (SSSR count). The highest BCUT2D eigenvalue weighted by atomic mass is 35.5. The first kappa shape index (κ1) is 16.5. The van der Waals surface area contributed by atoms with E-state index in [0.29, 0.717) is 15.6 Å². The molecule has 0 radical (unpaired) electrons. The molecule has 1 heterocycles. The van der Waals surface area contributed by atoms with Crippen LogP contribution in [0.1, 0.15) is 11.5 Å². The van der Waals surface area contributed by atoms with Gasteiger partial charge >= 0.3 is 11.9 Å². The molecule has 0 aliphatic carbocycles. The van der Waals surface area contributed by atoms with Crippen LogP contribution in [0.5, 0.6) is 0 Å². The average molecular weight is 342 g/mol. The average Bonchev–Trinajstić information content (AvgIpc) is 2.55. The number of aliphatic imine (C=N–C) groups is 1. The second-order valence-electron chi connectivity index (χ2n) is 4.57. The van der Waals surface area contributed by atoms with Crippen molar-refractivity contribution in [2.75, 3.05) is 14.2 Å². The molecule has 2 atom stereocenters. The van der Waals surface area contributed by atoms with E-state index in [1.807, 2.05) is 0 Å². The van der Waals surface area contributed by atoms with Crippen LogP contribution < -0.4 is 0 Å². The van der Waals surface area contributed by atoms with Gasteiger partial charge in [0.05, 0.1) is 29.8 Å². The summed E-state index contributed by atoms with van der Waals surface area (Å²) in [7, 11) is 2.54. The zero-order valence-electron chi connectivity index (χ0n) is 11.9. The largest absolute Gasteiger partial charge is 0.468 e. The van der Waals surface area contributed by atoms with E-state index in [-0.39, 0.29) is 5.57 Å². The van der Waals surface area contributed by atoms with E-state index in [1.165, 1.54) is 26.6 Å². The van der Waals surface area contributed by atoms with E-state index in [9.17, 15) is 9.59 Å². The van der Waals surface area contributed by atoms with Crippen LogP contribution in [0, 0.1) is 5.92 Å². The highest BCUT2D eigenvalue weighted by Gasteiger charge is 2.37. The van der Waals surface area contributed by atoms with Crippen LogP contribution in [0.3, 0.4) is 0 Å². The maximum Gasteiger partial charge on any atom is 0.335 e. The topological polar surface area (TPSA) is 65.0 Å². The first-order chi connectivity index (χ1) is 10.5. The number of nitrogens with zero attached hydrogens (tertiary/aromatic N) is 1. The first-order valence-corrected chi connectivity index (χ1v) is 7.09. The number of carbonyl (C=O) groups excluding carboxylic acids is 2. The predicted octanol–water partition coefficient (Wildman–Crippen LogP) is 3.01. The molecule has 22 heavy (non-hydrogen) atoms. The smallest absolute Gasteiger partial charge is 0.335 e. The monoisotopic (exact) mass is 341 g/mol. The summed E-state index contributed by atoms with van der Waals surface area (Å²) in [5.74, 6) is -2.43. The Balaban J connectivity index is 2.53. The molecule has 1 aromatic rings. The second-order valence-corrected chi connectivity index (χ2v) is 5.39. The molecule has 0 fully saturated rings. The van der Waals surface area contributed by atoms with Crippen LogP contribution in [-0.4, -0.2) is 32.4 Å². The lowest BCUT2D eigenvalue weighted by atomic mass is 9.80. The van der Waals surface area contributed by atoms with Crippen molar-refractivity contribution in [3.63, 3.8) is 0 Å². The second kappa shape index (κ2) is 6.94. The maximum atomic E-state index is 12.0. The fourth-order valence-electron chi connectivity index (χ4n) is 2.30. The molecule has 1 aliphatic rings. The number of carbonyl (C=O) groups is 2. The Kier molecular flexibility index (Phi) is 5.21. The maximum absolute atomic E-state index is 12.0. The van der Waals surface area contributed by atoms with Gasteiger partial charge in [-0.3, -0.25) is 9.79 Å². The minimum atomic E-state index is -0.749. The fourth-order valence-corrected chi connectivity index (χ4v) is 2.61. The highest BCUT2D eigenvalue weighted by Crippen LogP contribution is 2.37. The molecule has 0 N–H and O–H groups in total. The minimum absolute atomic E-state index is 0.249. The van der Waals surface area contributed by atoms with E-state index in [1.54, 1.807) is 18.2 Å². The molecule has 0 amide bonds. The van der Waals surface area contributed by atoms with Crippen molar-refractivity contribution in [2.45, 2.75) is 5.92 Å². The summed E-state index contributed by atoms with van der Waals surface area (Å²) in [6.45, 7) is 0. The zero-order valence-corrected chi connectivity index (χ0v) is 13.4. The van der Waals surface area contributed by atoms with Gasteiger partial charge in [-0.05, 0) is 17.7 Å². The molecule has 0 saturated carbocycles. The summed E-state index contributed by atoms with van der Waals surface area (Å²) in [6.07, 6.45) is 2.81. The summed E-state index contributed by atoms with van der Waals surface area (Å²) in [4.78, 5) is 27.9. The third kappa shape index (κ3) is 3.15. The molecular formula is C15H13Cl2NO4. The summed E-state index contributed by atoms with van der Waals surface area (Å²) >= 11 is 12.0. The van der Waals surface area contributed by atoms with Gasteiger partial charge in [-0.15, -0.1) is 0 Å². The number of hydrogen-bond donors (Lipinski definition) is 0. The van der Waals surface area contributed by atoms with Crippen LogP contribution in [0.25, 0.3) is 0 Å². The first-order valence-electron chi connectivity index (χ1n) is 6.34. The standard InChI is InChI=1S/C15H13Cl2NO4/c1-21-14(19)9-6-18-7-10(15(20)22-2)13(9)8-3-4-11(16)12(17)5-8/h3-7,9,13H,1-2H3/t9?,13-/m0/s1. The van der Waals surface area contributed by atoms with Crippen molar-refractivity contribution >= 4 is 41.4 Å². The van der Waals surface area contributed by atoms with Gasteiger partial charge in [0.15, 0.2) is 0 Å². The van der Waals surface area contributed by atoms with E-state index < -0.39 is 23.8 Å². The number of rotatable bonds is 3. The van der Waals surface area contributed by atoms with Crippen LogP contribution in [0.15, 0.2) is 35.0 Å².